The predicted molar refractivity (Wildman–Crippen MR) is 108 cm³/mol. The van der Waals surface area contributed by atoms with Gasteiger partial charge < -0.3 is 8.94 Å². The Morgan fingerprint density at radius 3 is 2.31 bits per heavy atom. The van der Waals surface area contributed by atoms with Crippen molar-refractivity contribution >= 4 is 11.8 Å². The lowest BCUT2D eigenvalue weighted by Crippen LogP contribution is -2.10. The van der Waals surface area contributed by atoms with Gasteiger partial charge in [0, 0.05) is 11.1 Å². The highest BCUT2D eigenvalue weighted by atomic mass is 32.2. The number of rotatable bonds is 5. The van der Waals surface area contributed by atoms with Crippen molar-refractivity contribution in [3.63, 3.8) is 0 Å². The molecular formula is C21H19FN4O2S. The number of hydrogen-bond acceptors (Lipinski definition) is 7. The molecule has 0 radical (unpaired) electrons. The number of aromatic nitrogens is 4. The third kappa shape index (κ3) is 4.54. The summed E-state index contributed by atoms with van der Waals surface area (Å²) in [7, 11) is 0. The van der Waals surface area contributed by atoms with Crippen LogP contribution in [0.2, 0.25) is 0 Å². The van der Waals surface area contributed by atoms with E-state index in [2.05, 4.69) is 53.2 Å². The fourth-order valence-corrected chi connectivity index (χ4v) is 3.25. The van der Waals surface area contributed by atoms with Crippen molar-refractivity contribution in [2.75, 3.05) is 0 Å². The van der Waals surface area contributed by atoms with Gasteiger partial charge in [0.2, 0.25) is 17.6 Å². The van der Waals surface area contributed by atoms with Crippen LogP contribution in [0.1, 0.15) is 32.2 Å². The smallest absolute Gasteiger partial charge is 0.277 e. The molecule has 0 unspecified atom stereocenters. The molecular weight excluding hydrogens is 391 g/mol. The maximum Gasteiger partial charge on any atom is 0.277 e. The van der Waals surface area contributed by atoms with Crippen molar-refractivity contribution in [3.05, 3.63) is 65.8 Å². The second kappa shape index (κ2) is 7.79. The summed E-state index contributed by atoms with van der Waals surface area (Å²) >= 11 is 1.31. The Bertz CT molecular complexity index is 1100. The molecule has 0 bridgehead atoms. The summed E-state index contributed by atoms with van der Waals surface area (Å²) in [5.74, 6) is 1.37. The van der Waals surface area contributed by atoms with E-state index < -0.39 is 0 Å². The van der Waals surface area contributed by atoms with E-state index in [0.717, 1.165) is 5.56 Å². The first-order chi connectivity index (χ1) is 13.9. The summed E-state index contributed by atoms with van der Waals surface area (Å²) in [5, 5.41) is 12.5. The molecule has 6 nitrogen and oxygen atoms in total. The number of thioether (sulfide) groups is 1. The fraction of sp³-hybridized carbons (Fsp3) is 0.238. The lowest BCUT2D eigenvalue weighted by atomic mass is 9.87. The van der Waals surface area contributed by atoms with E-state index in [1.807, 2.05) is 12.1 Å². The lowest BCUT2D eigenvalue weighted by molar-refractivity contribution is 0.391. The van der Waals surface area contributed by atoms with Crippen LogP contribution >= 0.6 is 11.8 Å². The van der Waals surface area contributed by atoms with Gasteiger partial charge >= 0.3 is 0 Å². The molecule has 2 aromatic heterocycles. The maximum absolute atomic E-state index is 13.0. The molecule has 0 aliphatic carbocycles. The summed E-state index contributed by atoms with van der Waals surface area (Å²) in [4.78, 5) is 4.31. The van der Waals surface area contributed by atoms with Crippen LogP contribution in [-0.4, -0.2) is 20.3 Å². The molecule has 0 fully saturated rings. The van der Waals surface area contributed by atoms with Gasteiger partial charge in [-0.25, -0.2) is 4.39 Å². The molecule has 0 aliphatic rings. The zero-order chi connectivity index (χ0) is 20.4. The first-order valence-electron chi connectivity index (χ1n) is 9.04. The zero-order valence-corrected chi connectivity index (χ0v) is 17.0. The quantitative estimate of drug-likeness (QED) is 0.401. The third-order valence-electron chi connectivity index (χ3n) is 4.29. The van der Waals surface area contributed by atoms with Gasteiger partial charge in [0.15, 0.2) is 0 Å². The average molecular weight is 410 g/mol. The molecule has 0 N–H and O–H groups in total. The minimum absolute atomic E-state index is 0.0885. The number of halogens is 1. The fourth-order valence-electron chi connectivity index (χ4n) is 2.65. The predicted octanol–water partition coefficient (Wildman–Crippen LogP) is 5.52. The highest BCUT2D eigenvalue weighted by Crippen LogP contribution is 2.28. The van der Waals surface area contributed by atoms with Gasteiger partial charge in [-0.2, -0.15) is 4.98 Å². The Balaban J connectivity index is 1.40. The Labute approximate surface area is 171 Å². The zero-order valence-electron chi connectivity index (χ0n) is 16.2. The maximum atomic E-state index is 13.0. The van der Waals surface area contributed by atoms with E-state index >= 15 is 0 Å². The number of hydrogen-bond donors (Lipinski definition) is 0. The highest BCUT2D eigenvalue weighted by Gasteiger charge is 2.16. The van der Waals surface area contributed by atoms with Crippen molar-refractivity contribution in [3.8, 4) is 22.8 Å². The summed E-state index contributed by atoms with van der Waals surface area (Å²) < 4.78 is 24.0. The van der Waals surface area contributed by atoms with E-state index in [0.29, 0.717) is 34.1 Å². The molecule has 0 saturated carbocycles. The molecule has 4 rings (SSSR count). The van der Waals surface area contributed by atoms with Crippen LogP contribution in [0.15, 0.2) is 62.7 Å². The van der Waals surface area contributed by atoms with E-state index in [9.17, 15) is 4.39 Å². The number of nitrogens with zero attached hydrogens (tertiary/aromatic N) is 4. The highest BCUT2D eigenvalue weighted by molar-refractivity contribution is 7.98. The van der Waals surface area contributed by atoms with E-state index in [1.54, 1.807) is 12.1 Å². The molecule has 8 heteroatoms. The monoisotopic (exact) mass is 410 g/mol. The Hall–Kier alpha value is -3.00. The van der Waals surface area contributed by atoms with Crippen LogP contribution < -0.4 is 0 Å². The van der Waals surface area contributed by atoms with Gasteiger partial charge in [0.05, 0.1) is 5.75 Å². The minimum Gasteiger partial charge on any atom is -0.411 e. The van der Waals surface area contributed by atoms with Gasteiger partial charge in [-0.3, -0.25) is 0 Å². The van der Waals surface area contributed by atoms with E-state index in [1.165, 1.54) is 29.5 Å². The molecule has 0 aliphatic heterocycles. The average Bonchev–Trinajstić information content (AvgIpc) is 3.36. The van der Waals surface area contributed by atoms with E-state index in [-0.39, 0.29) is 11.2 Å². The molecule has 29 heavy (non-hydrogen) atoms. The largest absolute Gasteiger partial charge is 0.411 e. The number of benzene rings is 2. The van der Waals surface area contributed by atoms with Gasteiger partial charge in [-0.1, -0.05) is 49.8 Å². The summed E-state index contributed by atoms with van der Waals surface area (Å²) in [6.45, 7) is 6.51. The van der Waals surface area contributed by atoms with Gasteiger partial charge in [0.25, 0.3) is 5.22 Å². The molecule has 148 valence electrons. The second-order valence-corrected chi connectivity index (χ2v) is 8.43. The van der Waals surface area contributed by atoms with Gasteiger partial charge in [-0.15, -0.1) is 10.2 Å². The first-order valence-corrected chi connectivity index (χ1v) is 10.0. The van der Waals surface area contributed by atoms with Gasteiger partial charge in [0.1, 0.15) is 5.82 Å². The molecule has 0 atom stereocenters. The molecule has 0 spiro atoms. The summed E-state index contributed by atoms with van der Waals surface area (Å²) in [6.07, 6.45) is 0. The van der Waals surface area contributed by atoms with Crippen molar-refractivity contribution < 1.29 is 13.3 Å². The summed E-state index contributed by atoms with van der Waals surface area (Å²) in [5.41, 5.74) is 2.88. The topological polar surface area (TPSA) is 77.8 Å². The standard InChI is InChI=1S/C21H19FN4O2S/c1-21(2,3)15-8-4-14(5-9-15)19-24-25-20(27-19)29-12-17-23-18(26-28-17)13-6-10-16(22)11-7-13/h4-11H,12H2,1-3H3. The minimum atomic E-state index is -0.312. The Morgan fingerprint density at radius 2 is 1.62 bits per heavy atom. The third-order valence-corrected chi connectivity index (χ3v) is 5.10. The normalized spacial score (nSPS) is 11.7. The van der Waals surface area contributed by atoms with Crippen molar-refractivity contribution in [1.29, 1.82) is 0 Å². The van der Waals surface area contributed by atoms with Crippen LogP contribution in [0.4, 0.5) is 4.39 Å². The first kappa shape index (κ1) is 19.3. The van der Waals surface area contributed by atoms with Crippen LogP contribution in [0.3, 0.4) is 0 Å². The molecule has 0 amide bonds. The SMILES string of the molecule is CC(C)(C)c1ccc(-c2nnc(SCc3nc(-c4ccc(F)cc4)no3)o2)cc1. The van der Waals surface area contributed by atoms with Crippen molar-refractivity contribution in [2.45, 2.75) is 37.2 Å². The van der Waals surface area contributed by atoms with Crippen molar-refractivity contribution in [1.82, 2.24) is 20.3 Å². The van der Waals surface area contributed by atoms with Gasteiger partial charge in [-0.05, 0) is 47.4 Å². The molecule has 4 aromatic rings. The summed E-state index contributed by atoms with van der Waals surface area (Å²) in [6, 6.07) is 14.0. The van der Waals surface area contributed by atoms with Crippen LogP contribution in [0.25, 0.3) is 22.8 Å². The van der Waals surface area contributed by atoms with Crippen LogP contribution in [0.5, 0.6) is 0 Å². The lowest BCUT2D eigenvalue weighted by Gasteiger charge is -2.18. The van der Waals surface area contributed by atoms with Crippen molar-refractivity contribution in [2.24, 2.45) is 0 Å². The molecule has 0 saturated heterocycles. The second-order valence-electron chi connectivity index (χ2n) is 7.51. The van der Waals surface area contributed by atoms with Crippen LogP contribution in [-0.2, 0) is 11.2 Å². The Kier molecular flexibility index (Phi) is 5.19. The Morgan fingerprint density at radius 1 is 0.931 bits per heavy atom. The molecule has 2 aromatic carbocycles. The van der Waals surface area contributed by atoms with E-state index in [4.69, 9.17) is 8.94 Å². The molecule has 2 heterocycles. The van der Waals surface area contributed by atoms with Crippen LogP contribution in [0, 0.1) is 5.82 Å².